The summed E-state index contributed by atoms with van der Waals surface area (Å²) >= 11 is 0. The van der Waals surface area contributed by atoms with Crippen molar-refractivity contribution in [3.63, 3.8) is 0 Å². The summed E-state index contributed by atoms with van der Waals surface area (Å²) in [6, 6.07) is 0.366. The fraction of sp³-hybridized carbons (Fsp3) is 0.333. The molecule has 1 saturated carbocycles. The quantitative estimate of drug-likeness (QED) is 0.747. The zero-order valence-corrected chi connectivity index (χ0v) is 7.35. The molecule has 1 heterocycles. The summed E-state index contributed by atoms with van der Waals surface area (Å²) in [7, 11) is 0. The van der Waals surface area contributed by atoms with Crippen LogP contribution in [0.15, 0.2) is 18.4 Å². The first-order valence-electron chi connectivity index (χ1n) is 4.31. The van der Waals surface area contributed by atoms with Crippen LogP contribution in [0, 0.1) is 0 Å². The topological polar surface area (TPSA) is 55.1 Å². The predicted molar refractivity (Wildman–Crippen MR) is 47.2 cm³/mol. The van der Waals surface area contributed by atoms with Gasteiger partial charge >= 0.3 is 5.97 Å². The number of aromatic nitrogens is 2. The molecule has 0 aromatic carbocycles. The lowest BCUT2D eigenvalue weighted by Gasteiger charge is -2.00. The molecule has 1 N–H and O–H groups in total. The number of imidazole rings is 1. The van der Waals surface area contributed by atoms with E-state index in [4.69, 9.17) is 5.11 Å². The van der Waals surface area contributed by atoms with Gasteiger partial charge in [0.25, 0.3) is 0 Å². The minimum absolute atomic E-state index is 0.366. The van der Waals surface area contributed by atoms with Crippen LogP contribution in [-0.4, -0.2) is 20.6 Å². The fourth-order valence-electron chi connectivity index (χ4n) is 1.28. The highest BCUT2D eigenvalue weighted by Crippen LogP contribution is 2.36. The van der Waals surface area contributed by atoms with Crippen LogP contribution >= 0.6 is 0 Å². The van der Waals surface area contributed by atoms with Crippen molar-refractivity contribution in [1.82, 2.24) is 9.55 Å². The van der Waals surface area contributed by atoms with Crippen molar-refractivity contribution in [3.8, 4) is 0 Å². The predicted octanol–water partition coefficient (Wildman–Crippen LogP) is 1.61. The number of hydrogen-bond acceptors (Lipinski definition) is 2. The number of carboxylic acid groups (broad SMARTS) is 1. The second-order valence-corrected chi connectivity index (χ2v) is 3.25. The van der Waals surface area contributed by atoms with E-state index in [-0.39, 0.29) is 0 Å². The molecule has 0 amide bonds. The highest BCUT2D eigenvalue weighted by molar-refractivity contribution is 5.89. The maximum atomic E-state index is 12.8. The Morgan fingerprint density at radius 1 is 1.71 bits per heavy atom. The standard InChI is InChI=1S/C9H9FN2O2/c10-8(9(13)14)3-7-4-11-5-12(7)6-1-2-6/h3-6H,1-2H2,(H,13,14)/b8-3-. The minimum atomic E-state index is -1.55. The van der Waals surface area contributed by atoms with Crippen molar-refractivity contribution in [2.75, 3.05) is 0 Å². The van der Waals surface area contributed by atoms with E-state index >= 15 is 0 Å². The molecule has 74 valence electrons. The summed E-state index contributed by atoms with van der Waals surface area (Å²) < 4.78 is 14.6. The van der Waals surface area contributed by atoms with Crippen LogP contribution in [0.25, 0.3) is 6.08 Å². The fourth-order valence-corrected chi connectivity index (χ4v) is 1.28. The molecule has 4 nitrogen and oxygen atoms in total. The number of carboxylic acids is 1. The second kappa shape index (κ2) is 3.25. The van der Waals surface area contributed by atoms with Crippen LogP contribution in [0.2, 0.25) is 0 Å². The Morgan fingerprint density at radius 3 is 3.00 bits per heavy atom. The van der Waals surface area contributed by atoms with Crippen molar-refractivity contribution in [2.24, 2.45) is 0 Å². The van der Waals surface area contributed by atoms with Crippen molar-refractivity contribution < 1.29 is 14.3 Å². The average molecular weight is 196 g/mol. The van der Waals surface area contributed by atoms with Crippen LogP contribution < -0.4 is 0 Å². The summed E-state index contributed by atoms with van der Waals surface area (Å²) in [5, 5.41) is 8.35. The van der Waals surface area contributed by atoms with E-state index in [9.17, 15) is 9.18 Å². The molecule has 1 aliphatic rings. The molecule has 1 aromatic rings. The molecule has 1 fully saturated rings. The number of halogens is 1. The molecule has 0 aliphatic heterocycles. The average Bonchev–Trinajstić information content (AvgIpc) is 2.88. The van der Waals surface area contributed by atoms with Gasteiger partial charge in [-0.2, -0.15) is 4.39 Å². The van der Waals surface area contributed by atoms with Crippen LogP contribution in [0.1, 0.15) is 24.6 Å². The first-order valence-corrected chi connectivity index (χ1v) is 4.31. The third-order valence-corrected chi connectivity index (χ3v) is 2.12. The molecule has 0 radical (unpaired) electrons. The molecule has 0 atom stereocenters. The smallest absolute Gasteiger partial charge is 0.364 e. The van der Waals surface area contributed by atoms with Crippen molar-refractivity contribution in [1.29, 1.82) is 0 Å². The van der Waals surface area contributed by atoms with E-state index in [1.807, 2.05) is 0 Å². The highest BCUT2D eigenvalue weighted by atomic mass is 19.1. The molecule has 1 aliphatic carbocycles. The van der Waals surface area contributed by atoms with E-state index in [1.165, 1.54) is 6.20 Å². The summed E-state index contributed by atoms with van der Waals surface area (Å²) in [5.74, 6) is -2.71. The van der Waals surface area contributed by atoms with Gasteiger partial charge in [-0.15, -0.1) is 0 Å². The molecule has 1 aromatic heterocycles. The maximum absolute atomic E-state index is 12.8. The van der Waals surface area contributed by atoms with Gasteiger partial charge in [0, 0.05) is 12.1 Å². The van der Waals surface area contributed by atoms with E-state index in [1.54, 1.807) is 10.9 Å². The zero-order chi connectivity index (χ0) is 10.1. The van der Waals surface area contributed by atoms with Gasteiger partial charge in [-0.25, -0.2) is 9.78 Å². The van der Waals surface area contributed by atoms with Gasteiger partial charge in [-0.05, 0) is 12.8 Å². The molecular weight excluding hydrogens is 187 g/mol. The third-order valence-electron chi connectivity index (χ3n) is 2.12. The van der Waals surface area contributed by atoms with Crippen LogP contribution in [0.3, 0.4) is 0 Å². The number of aliphatic carboxylic acids is 1. The van der Waals surface area contributed by atoms with Gasteiger partial charge in [-0.1, -0.05) is 0 Å². The molecule has 0 bridgehead atoms. The van der Waals surface area contributed by atoms with Crippen LogP contribution in [-0.2, 0) is 4.79 Å². The largest absolute Gasteiger partial charge is 0.476 e. The summed E-state index contributed by atoms with van der Waals surface area (Å²) in [5.41, 5.74) is 0.507. The molecule has 0 saturated heterocycles. The number of rotatable bonds is 3. The van der Waals surface area contributed by atoms with Crippen molar-refractivity contribution in [2.45, 2.75) is 18.9 Å². The lowest BCUT2D eigenvalue weighted by atomic mass is 10.3. The monoisotopic (exact) mass is 196 g/mol. The van der Waals surface area contributed by atoms with Crippen LogP contribution in [0.4, 0.5) is 4.39 Å². The zero-order valence-electron chi connectivity index (χ0n) is 7.35. The molecular formula is C9H9FN2O2. The first kappa shape index (κ1) is 8.93. The second-order valence-electron chi connectivity index (χ2n) is 3.25. The van der Waals surface area contributed by atoms with Gasteiger partial charge in [-0.3, -0.25) is 0 Å². The van der Waals surface area contributed by atoms with Crippen molar-refractivity contribution >= 4 is 12.0 Å². The van der Waals surface area contributed by atoms with Crippen LogP contribution in [0.5, 0.6) is 0 Å². The molecule has 2 rings (SSSR count). The Labute approximate surface area is 79.7 Å². The van der Waals surface area contributed by atoms with E-state index < -0.39 is 11.8 Å². The highest BCUT2D eigenvalue weighted by Gasteiger charge is 2.25. The molecule has 0 spiro atoms. The van der Waals surface area contributed by atoms with E-state index in [0.29, 0.717) is 11.7 Å². The van der Waals surface area contributed by atoms with Gasteiger partial charge in [0.05, 0.1) is 18.2 Å². The van der Waals surface area contributed by atoms with Gasteiger partial charge in [0.1, 0.15) is 0 Å². The molecule has 0 unspecified atom stereocenters. The lowest BCUT2D eigenvalue weighted by molar-refractivity contribution is -0.134. The molecule has 14 heavy (non-hydrogen) atoms. The maximum Gasteiger partial charge on any atom is 0.364 e. The van der Waals surface area contributed by atoms with Gasteiger partial charge in [0.15, 0.2) is 0 Å². The molecule has 5 heteroatoms. The Balaban J connectivity index is 2.27. The summed E-state index contributed by atoms with van der Waals surface area (Å²) in [4.78, 5) is 14.1. The van der Waals surface area contributed by atoms with E-state index in [2.05, 4.69) is 4.98 Å². The first-order chi connectivity index (χ1) is 6.68. The SMILES string of the molecule is O=C(O)/C(F)=C/c1cncn1C1CC1. The number of hydrogen-bond donors (Lipinski definition) is 1. The minimum Gasteiger partial charge on any atom is -0.476 e. The number of nitrogens with zero attached hydrogens (tertiary/aromatic N) is 2. The van der Waals surface area contributed by atoms with Gasteiger partial charge < -0.3 is 9.67 Å². The number of carbonyl (C=O) groups is 1. The van der Waals surface area contributed by atoms with Gasteiger partial charge in [0.2, 0.25) is 5.83 Å². The normalized spacial score (nSPS) is 17.1. The van der Waals surface area contributed by atoms with E-state index in [0.717, 1.165) is 18.9 Å². The Bertz CT molecular complexity index is 393. The Morgan fingerprint density at radius 2 is 2.43 bits per heavy atom. The third kappa shape index (κ3) is 1.66. The Kier molecular flexibility index (Phi) is 2.07. The lowest BCUT2D eigenvalue weighted by Crippen LogP contribution is -1.98. The Hall–Kier alpha value is -1.65. The van der Waals surface area contributed by atoms with Crippen molar-refractivity contribution in [3.05, 3.63) is 24.0 Å². The summed E-state index contributed by atoms with van der Waals surface area (Å²) in [6.45, 7) is 0. The summed E-state index contributed by atoms with van der Waals surface area (Å²) in [6.07, 6.45) is 6.14.